The van der Waals surface area contributed by atoms with Crippen molar-refractivity contribution in [1.82, 2.24) is 9.38 Å². The SMILES string of the molecule is CC(CCN)c1nc(C(=O)O)c2ccccn12. The first-order chi connectivity index (χ1) is 8.15. The smallest absolute Gasteiger partial charge is 0.356 e. The predicted octanol–water partition coefficient (Wildman–Crippen LogP) is 1.48. The fraction of sp³-hybridized carbons (Fsp3) is 0.333. The van der Waals surface area contributed by atoms with Gasteiger partial charge < -0.3 is 15.2 Å². The number of pyridine rings is 1. The Balaban J connectivity index is 2.60. The van der Waals surface area contributed by atoms with Crippen molar-refractivity contribution in [3.05, 3.63) is 35.9 Å². The Labute approximate surface area is 98.9 Å². The van der Waals surface area contributed by atoms with E-state index in [-0.39, 0.29) is 11.6 Å². The summed E-state index contributed by atoms with van der Waals surface area (Å²) in [5, 5.41) is 9.11. The van der Waals surface area contributed by atoms with Crippen LogP contribution in [0.25, 0.3) is 5.52 Å². The van der Waals surface area contributed by atoms with Crippen LogP contribution in [0.3, 0.4) is 0 Å². The molecule has 0 saturated carbocycles. The van der Waals surface area contributed by atoms with Gasteiger partial charge in [0.1, 0.15) is 5.82 Å². The van der Waals surface area contributed by atoms with Gasteiger partial charge in [0.05, 0.1) is 5.52 Å². The van der Waals surface area contributed by atoms with E-state index in [4.69, 9.17) is 10.8 Å². The van der Waals surface area contributed by atoms with Crippen molar-refractivity contribution in [1.29, 1.82) is 0 Å². The lowest BCUT2D eigenvalue weighted by atomic mass is 10.1. The molecule has 90 valence electrons. The molecule has 0 spiro atoms. The molecule has 0 amide bonds. The van der Waals surface area contributed by atoms with Crippen LogP contribution >= 0.6 is 0 Å². The summed E-state index contributed by atoms with van der Waals surface area (Å²) in [6, 6.07) is 5.43. The zero-order valence-electron chi connectivity index (χ0n) is 9.63. The predicted molar refractivity (Wildman–Crippen MR) is 64.2 cm³/mol. The Bertz CT molecular complexity index is 548. The minimum absolute atomic E-state index is 0.101. The van der Waals surface area contributed by atoms with E-state index < -0.39 is 5.97 Å². The highest BCUT2D eigenvalue weighted by atomic mass is 16.4. The molecule has 0 aliphatic carbocycles. The first kappa shape index (κ1) is 11.6. The van der Waals surface area contributed by atoms with Crippen molar-refractivity contribution < 1.29 is 9.90 Å². The van der Waals surface area contributed by atoms with Crippen LogP contribution in [0.1, 0.15) is 35.6 Å². The fourth-order valence-electron chi connectivity index (χ4n) is 1.95. The van der Waals surface area contributed by atoms with Gasteiger partial charge in [-0.05, 0) is 25.1 Å². The van der Waals surface area contributed by atoms with Crippen LogP contribution in [-0.2, 0) is 0 Å². The number of fused-ring (bicyclic) bond motifs is 1. The molecule has 17 heavy (non-hydrogen) atoms. The number of aromatic nitrogens is 2. The van der Waals surface area contributed by atoms with Crippen molar-refractivity contribution in [2.45, 2.75) is 19.3 Å². The van der Waals surface area contributed by atoms with Crippen LogP contribution in [0.4, 0.5) is 0 Å². The summed E-state index contributed by atoms with van der Waals surface area (Å²) in [7, 11) is 0. The Kier molecular flexibility index (Phi) is 3.10. The maximum atomic E-state index is 11.1. The summed E-state index contributed by atoms with van der Waals surface area (Å²) < 4.78 is 1.82. The lowest BCUT2D eigenvalue weighted by Gasteiger charge is -2.08. The molecule has 2 rings (SSSR count). The topological polar surface area (TPSA) is 80.6 Å². The highest BCUT2D eigenvalue weighted by Gasteiger charge is 2.19. The van der Waals surface area contributed by atoms with Gasteiger partial charge in [-0.15, -0.1) is 0 Å². The number of nitrogens with two attached hydrogens (primary N) is 1. The molecule has 3 N–H and O–H groups in total. The number of aromatic carboxylic acids is 1. The van der Waals surface area contributed by atoms with E-state index >= 15 is 0 Å². The van der Waals surface area contributed by atoms with Crippen LogP contribution in [-0.4, -0.2) is 27.0 Å². The second-order valence-corrected chi connectivity index (χ2v) is 4.06. The molecule has 0 radical (unpaired) electrons. The molecule has 2 aromatic heterocycles. The number of hydrogen-bond donors (Lipinski definition) is 2. The number of carbonyl (C=O) groups is 1. The van der Waals surface area contributed by atoms with Crippen LogP contribution in [0.2, 0.25) is 0 Å². The van der Waals surface area contributed by atoms with Gasteiger partial charge in [0.25, 0.3) is 0 Å². The number of imidazole rings is 1. The lowest BCUT2D eigenvalue weighted by molar-refractivity contribution is 0.0693. The van der Waals surface area contributed by atoms with Crippen LogP contribution < -0.4 is 5.73 Å². The molecule has 0 fully saturated rings. The molecule has 0 saturated heterocycles. The van der Waals surface area contributed by atoms with Crippen molar-refractivity contribution in [3.63, 3.8) is 0 Å². The van der Waals surface area contributed by atoms with E-state index in [0.29, 0.717) is 12.1 Å². The molecule has 1 unspecified atom stereocenters. The van der Waals surface area contributed by atoms with Crippen LogP contribution in [0, 0.1) is 0 Å². The summed E-state index contributed by atoms with van der Waals surface area (Å²) in [4.78, 5) is 15.3. The standard InChI is InChI=1S/C12H15N3O2/c1-8(5-6-13)11-14-10(12(16)17)9-4-2-3-7-15(9)11/h2-4,7-8H,5-6,13H2,1H3,(H,16,17). The third-order valence-electron chi connectivity index (χ3n) is 2.82. The number of nitrogens with zero attached hydrogens (tertiary/aromatic N) is 2. The number of rotatable bonds is 4. The quantitative estimate of drug-likeness (QED) is 0.838. The number of carboxylic acids is 1. The highest BCUT2D eigenvalue weighted by Crippen LogP contribution is 2.21. The molecule has 0 aliphatic rings. The summed E-state index contributed by atoms with van der Waals surface area (Å²) in [5.74, 6) is -0.105. The van der Waals surface area contributed by atoms with Gasteiger partial charge >= 0.3 is 5.97 Å². The molecule has 1 atom stereocenters. The van der Waals surface area contributed by atoms with Gasteiger partial charge in [-0.2, -0.15) is 0 Å². The maximum Gasteiger partial charge on any atom is 0.356 e. The van der Waals surface area contributed by atoms with Gasteiger partial charge in [0, 0.05) is 12.1 Å². The maximum absolute atomic E-state index is 11.1. The van der Waals surface area contributed by atoms with Gasteiger partial charge in [-0.1, -0.05) is 13.0 Å². The first-order valence-corrected chi connectivity index (χ1v) is 5.55. The Morgan fingerprint density at radius 3 is 3.00 bits per heavy atom. The third kappa shape index (κ3) is 2.01. The Morgan fingerprint density at radius 2 is 2.35 bits per heavy atom. The summed E-state index contributed by atoms with van der Waals surface area (Å²) in [6.07, 6.45) is 2.62. The molecule has 0 aliphatic heterocycles. The van der Waals surface area contributed by atoms with Gasteiger partial charge in [0.2, 0.25) is 0 Å². The third-order valence-corrected chi connectivity index (χ3v) is 2.82. The zero-order valence-corrected chi connectivity index (χ0v) is 9.63. The summed E-state index contributed by atoms with van der Waals surface area (Å²) in [5.41, 5.74) is 6.25. The van der Waals surface area contributed by atoms with Crippen molar-refractivity contribution in [2.75, 3.05) is 6.54 Å². The average Bonchev–Trinajstić information content (AvgIpc) is 2.69. The van der Waals surface area contributed by atoms with E-state index in [1.54, 1.807) is 12.1 Å². The number of hydrogen-bond acceptors (Lipinski definition) is 3. The number of carboxylic acid groups (broad SMARTS) is 1. The van der Waals surface area contributed by atoms with E-state index in [9.17, 15) is 4.79 Å². The second kappa shape index (κ2) is 4.55. The summed E-state index contributed by atoms with van der Waals surface area (Å²) >= 11 is 0. The van der Waals surface area contributed by atoms with E-state index in [1.807, 2.05) is 23.6 Å². The molecule has 5 heteroatoms. The van der Waals surface area contributed by atoms with E-state index in [1.165, 1.54) is 0 Å². The zero-order chi connectivity index (χ0) is 12.4. The molecule has 0 aromatic carbocycles. The normalized spacial score (nSPS) is 12.8. The van der Waals surface area contributed by atoms with Crippen LogP contribution in [0.15, 0.2) is 24.4 Å². The molecule has 2 heterocycles. The summed E-state index contributed by atoms with van der Waals surface area (Å²) in [6.45, 7) is 2.56. The van der Waals surface area contributed by atoms with Gasteiger partial charge in [0.15, 0.2) is 5.69 Å². The first-order valence-electron chi connectivity index (χ1n) is 5.55. The van der Waals surface area contributed by atoms with Crippen molar-refractivity contribution in [2.24, 2.45) is 5.73 Å². The molecule has 5 nitrogen and oxygen atoms in total. The molecule has 0 bridgehead atoms. The molecular formula is C12H15N3O2. The highest BCUT2D eigenvalue weighted by molar-refractivity contribution is 5.93. The second-order valence-electron chi connectivity index (χ2n) is 4.06. The molecular weight excluding hydrogens is 218 g/mol. The minimum Gasteiger partial charge on any atom is -0.476 e. The van der Waals surface area contributed by atoms with Gasteiger partial charge in [-0.3, -0.25) is 0 Å². The minimum atomic E-state index is -1.00. The Morgan fingerprint density at radius 1 is 1.59 bits per heavy atom. The van der Waals surface area contributed by atoms with E-state index in [0.717, 1.165) is 12.2 Å². The van der Waals surface area contributed by atoms with Crippen molar-refractivity contribution >= 4 is 11.5 Å². The van der Waals surface area contributed by atoms with Crippen molar-refractivity contribution in [3.8, 4) is 0 Å². The van der Waals surface area contributed by atoms with E-state index in [2.05, 4.69) is 4.98 Å². The van der Waals surface area contributed by atoms with Crippen LogP contribution in [0.5, 0.6) is 0 Å². The Hall–Kier alpha value is -1.88. The lowest BCUT2D eigenvalue weighted by Crippen LogP contribution is -2.07. The monoisotopic (exact) mass is 233 g/mol. The largest absolute Gasteiger partial charge is 0.476 e. The fourth-order valence-corrected chi connectivity index (χ4v) is 1.95. The van der Waals surface area contributed by atoms with Gasteiger partial charge in [-0.25, -0.2) is 9.78 Å². The molecule has 2 aromatic rings. The average molecular weight is 233 g/mol.